The molecule has 1 aromatic heterocycles. The summed E-state index contributed by atoms with van der Waals surface area (Å²) in [5.41, 5.74) is 7.71. The molecule has 2 fully saturated rings. The van der Waals surface area contributed by atoms with Gasteiger partial charge in [-0.15, -0.1) is 0 Å². The number of aromatic nitrogens is 2. The quantitative estimate of drug-likeness (QED) is 0.135. The lowest BCUT2D eigenvalue weighted by Crippen LogP contribution is -2.57. The lowest BCUT2D eigenvalue weighted by molar-refractivity contribution is -0.154. The molecule has 0 saturated carbocycles. The average molecular weight is 669 g/mol. The van der Waals surface area contributed by atoms with Gasteiger partial charge in [0, 0.05) is 24.1 Å². The second kappa shape index (κ2) is 13.1. The molecule has 0 aliphatic carbocycles. The molecule has 0 bridgehead atoms. The largest absolute Gasteiger partial charge is 0.467 e. The molecule has 0 radical (unpaired) electrons. The van der Waals surface area contributed by atoms with Crippen LogP contribution >= 0.6 is 0 Å². The van der Waals surface area contributed by atoms with Gasteiger partial charge >= 0.3 is 11.7 Å². The molecule has 2 aliphatic heterocycles. The Morgan fingerprint density at radius 2 is 1.56 bits per heavy atom. The number of nitrogens with zero attached hydrogens (tertiary/aromatic N) is 5. The normalized spacial score (nSPS) is 27.7. The van der Waals surface area contributed by atoms with E-state index in [1.165, 1.54) is 35.8 Å². The average Bonchev–Trinajstić information content (AvgIpc) is 3.44. The summed E-state index contributed by atoms with van der Waals surface area (Å²) in [6.45, 7) is 21.7. The van der Waals surface area contributed by atoms with Crippen LogP contribution in [-0.4, -0.2) is 93.3 Å². The number of aromatic amines is 1. The Morgan fingerprint density at radius 3 is 2.02 bits per heavy atom. The van der Waals surface area contributed by atoms with Crippen LogP contribution in [0, 0.1) is 0 Å². The zero-order chi connectivity index (χ0) is 34.3. The summed E-state index contributed by atoms with van der Waals surface area (Å²) in [5.74, 6) is -1.27. The first-order valence-electron chi connectivity index (χ1n) is 14.9. The van der Waals surface area contributed by atoms with Gasteiger partial charge in [-0.05, 0) is 41.8 Å². The van der Waals surface area contributed by atoms with Crippen molar-refractivity contribution in [3.8, 4) is 0 Å². The fourth-order valence-electron chi connectivity index (χ4n) is 4.99. The molecule has 1 aromatic rings. The van der Waals surface area contributed by atoms with E-state index in [0.29, 0.717) is 0 Å². The molecule has 252 valence electrons. The van der Waals surface area contributed by atoms with Crippen molar-refractivity contribution >= 4 is 28.5 Å². The molecule has 15 nitrogen and oxygen atoms in total. The monoisotopic (exact) mass is 668 g/mol. The lowest BCUT2D eigenvalue weighted by Gasteiger charge is -2.44. The Bertz CT molecular complexity index is 1430. The first kappa shape index (κ1) is 36.7. The van der Waals surface area contributed by atoms with Crippen LogP contribution in [0.15, 0.2) is 27.0 Å². The summed E-state index contributed by atoms with van der Waals surface area (Å²) in [4.78, 5) is 57.7. The van der Waals surface area contributed by atoms with Crippen LogP contribution < -0.4 is 11.2 Å². The summed E-state index contributed by atoms with van der Waals surface area (Å²) in [7, 11) is -4.02. The number of hydrogen-bond donors (Lipinski definition) is 1. The Hall–Kier alpha value is -2.80. The number of azide groups is 1. The zero-order valence-corrected chi connectivity index (χ0v) is 30.3. The van der Waals surface area contributed by atoms with Crippen molar-refractivity contribution in [3.05, 3.63) is 43.5 Å². The Morgan fingerprint density at radius 1 is 1.00 bits per heavy atom. The maximum atomic E-state index is 13.3. The number of amides is 1. The third kappa shape index (κ3) is 7.45. The van der Waals surface area contributed by atoms with E-state index < -0.39 is 82.7 Å². The van der Waals surface area contributed by atoms with E-state index in [0.717, 1.165) is 0 Å². The number of H-pyrrole nitrogens is 1. The second-order valence-corrected chi connectivity index (χ2v) is 24.1. The number of carbonyl (C=O) groups is 2. The molecule has 1 N–H and O–H groups in total. The van der Waals surface area contributed by atoms with Gasteiger partial charge in [-0.1, -0.05) is 46.7 Å². The number of hydrogen-bond acceptors (Lipinski definition) is 10. The third-order valence-electron chi connectivity index (χ3n) is 9.49. The van der Waals surface area contributed by atoms with E-state index in [2.05, 4.69) is 82.7 Å². The minimum absolute atomic E-state index is 0.253. The highest BCUT2D eigenvalue weighted by atomic mass is 28.4. The van der Waals surface area contributed by atoms with Crippen LogP contribution in [0.25, 0.3) is 10.4 Å². The lowest BCUT2D eigenvalue weighted by atomic mass is 9.99. The summed E-state index contributed by atoms with van der Waals surface area (Å²) < 4.78 is 33.4. The summed E-state index contributed by atoms with van der Waals surface area (Å²) >= 11 is 0. The predicted octanol–water partition coefficient (Wildman–Crippen LogP) is 3.64. The maximum Gasteiger partial charge on any atom is 0.331 e. The molecule has 1 amide bonds. The van der Waals surface area contributed by atoms with Crippen LogP contribution in [-0.2, 0) is 32.7 Å². The summed E-state index contributed by atoms with van der Waals surface area (Å²) in [6.07, 6.45) is -4.89. The van der Waals surface area contributed by atoms with Crippen LogP contribution in [0.3, 0.4) is 0 Å². The fourth-order valence-corrected chi connectivity index (χ4v) is 7.58. The molecule has 3 rings (SSSR count). The van der Waals surface area contributed by atoms with Gasteiger partial charge in [-0.2, -0.15) is 0 Å². The Kier molecular flexibility index (Phi) is 10.7. The summed E-state index contributed by atoms with van der Waals surface area (Å²) in [6, 6.07) is -0.0801. The first-order chi connectivity index (χ1) is 20.6. The van der Waals surface area contributed by atoms with Gasteiger partial charge in [0.05, 0.1) is 13.7 Å². The smallest absolute Gasteiger partial charge is 0.331 e. The SMILES string of the molecule is COC(=O)[C@@H]1[C@@H]([C@H]2O[C@@H](n3ccc(=O)[nH]c3=O)[C@H](O[Si](C)(C)C(C)(C)C)[C@@H]2O[Si](C)(C)C(C)(C)C)O[C@H](CN=[N+]=[N-])N1C(C)=O. The summed E-state index contributed by atoms with van der Waals surface area (Å²) in [5, 5.41) is 3.08. The minimum atomic E-state index is -2.62. The number of rotatable bonds is 9. The Labute approximate surface area is 265 Å². The molecular weight excluding hydrogens is 621 g/mol. The first-order valence-corrected chi connectivity index (χ1v) is 20.7. The van der Waals surface area contributed by atoms with Gasteiger partial charge in [0.1, 0.15) is 30.6 Å². The molecule has 0 spiro atoms. The highest BCUT2D eigenvalue weighted by molar-refractivity contribution is 6.74. The molecule has 0 unspecified atom stereocenters. The van der Waals surface area contributed by atoms with Crippen LogP contribution in [0.4, 0.5) is 0 Å². The van der Waals surface area contributed by atoms with E-state index >= 15 is 0 Å². The molecular formula is C28H48N6O9Si2. The van der Waals surface area contributed by atoms with E-state index in [9.17, 15) is 19.2 Å². The third-order valence-corrected chi connectivity index (χ3v) is 18.4. The number of nitrogens with one attached hydrogen (secondary N) is 1. The van der Waals surface area contributed by atoms with Crippen LogP contribution in [0.5, 0.6) is 0 Å². The zero-order valence-electron chi connectivity index (χ0n) is 28.3. The minimum Gasteiger partial charge on any atom is -0.467 e. The van der Waals surface area contributed by atoms with Gasteiger partial charge in [0.15, 0.2) is 28.9 Å². The van der Waals surface area contributed by atoms with Gasteiger partial charge in [-0.3, -0.25) is 19.1 Å². The number of esters is 1. The van der Waals surface area contributed by atoms with Crippen molar-refractivity contribution in [1.29, 1.82) is 0 Å². The fraction of sp³-hybridized carbons (Fsp3) is 0.786. The van der Waals surface area contributed by atoms with Gasteiger partial charge in [-0.25, -0.2) is 9.59 Å². The standard InChI is InChI=1S/C28H48N6O9Si2/c1-16(35)34-18(15-30-32-29)40-20(19(34)25(37)39-8)21-22(42-44(9,10)27(2,3)4)23(43-45(11,12)28(5,6)7)24(41-21)33-14-13-17(36)31-26(33)38/h13-14,18-24H,15H2,1-12H3,(H,31,36,38)/t18-,19+,20+,21-,22-,23-,24-/m1/s1. The molecule has 7 atom stereocenters. The number of methoxy groups -OCH3 is 1. The maximum absolute atomic E-state index is 13.3. The van der Waals surface area contributed by atoms with Crippen molar-refractivity contribution < 1.29 is 32.7 Å². The molecule has 3 heterocycles. The predicted molar refractivity (Wildman–Crippen MR) is 170 cm³/mol. The van der Waals surface area contributed by atoms with Gasteiger partial charge < -0.3 is 28.0 Å². The van der Waals surface area contributed by atoms with Crippen molar-refractivity contribution in [2.24, 2.45) is 5.11 Å². The topological polar surface area (TPSA) is 187 Å². The van der Waals surface area contributed by atoms with Crippen molar-refractivity contribution in [2.45, 2.75) is 128 Å². The van der Waals surface area contributed by atoms with E-state index in [-0.39, 0.29) is 16.6 Å². The Balaban J connectivity index is 2.30. The van der Waals surface area contributed by atoms with Gasteiger partial charge in [0.2, 0.25) is 5.91 Å². The molecule has 17 heteroatoms. The molecule has 2 saturated heterocycles. The van der Waals surface area contributed by atoms with Crippen LogP contribution in [0.1, 0.15) is 54.7 Å². The van der Waals surface area contributed by atoms with Crippen molar-refractivity contribution in [3.63, 3.8) is 0 Å². The van der Waals surface area contributed by atoms with E-state index in [1.807, 2.05) is 0 Å². The molecule has 45 heavy (non-hydrogen) atoms. The number of carbonyl (C=O) groups excluding carboxylic acids is 2. The van der Waals surface area contributed by atoms with Crippen LogP contribution in [0.2, 0.25) is 36.3 Å². The van der Waals surface area contributed by atoms with Crippen molar-refractivity contribution in [1.82, 2.24) is 14.5 Å². The number of ether oxygens (including phenoxy) is 3. The van der Waals surface area contributed by atoms with E-state index in [1.54, 1.807) is 0 Å². The van der Waals surface area contributed by atoms with E-state index in [4.69, 9.17) is 28.6 Å². The molecule has 0 aromatic carbocycles. The second-order valence-electron chi connectivity index (χ2n) is 14.6. The highest BCUT2D eigenvalue weighted by Crippen LogP contribution is 2.47. The van der Waals surface area contributed by atoms with Gasteiger partial charge in [0.25, 0.3) is 5.56 Å². The van der Waals surface area contributed by atoms with Crippen molar-refractivity contribution in [2.75, 3.05) is 13.7 Å². The molecule has 2 aliphatic rings. The highest BCUT2D eigenvalue weighted by Gasteiger charge is 2.61.